The van der Waals surface area contributed by atoms with Gasteiger partial charge in [-0.3, -0.25) is 4.79 Å². The molecule has 3 nitrogen and oxygen atoms in total. The maximum Gasteiger partial charge on any atom is 1.00 e. The minimum atomic E-state index is -1.03. The van der Waals surface area contributed by atoms with E-state index in [-0.39, 0.29) is 42.3 Å². The van der Waals surface area contributed by atoms with Crippen LogP contribution in [0, 0.1) is 6.92 Å². The van der Waals surface area contributed by atoms with Gasteiger partial charge < -0.3 is 6.53 Å². The minimum absolute atomic E-state index is 0. The minimum Gasteiger partial charge on any atom is -1.00 e. The third-order valence-electron chi connectivity index (χ3n) is 2.77. The van der Waals surface area contributed by atoms with Gasteiger partial charge in [0.25, 0.3) is 0 Å². The molecule has 0 aliphatic carbocycles. The summed E-state index contributed by atoms with van der Waals surface area (Å²) in [5.41, 5.74) is 1.89. The van der Waals surface area contributed by atoms with Crippen molar-refractivity contribution in [2.75, 3.05) is 0 Å². The average Bonchev–Trinajstić information content (AvgIpc) is 2.39. The number of carbonyl (C=O) groups excluding carboxylic acids is 1. The second-order valence-electron chi connectivity index (χ2n) is 4.03. The molecule has 0 bridgehead atoms. The number of hydrogen-bond acceptors (Lipinski definition) is 2. The molecule has 0 aromatic heterocycles. The predicted octanol–water partition coefficient (Wildman–Crippen LogP) is 0.0407. The molecule has 2 rings (SSSR count). The van der Waals surface area contributed by atoms with Gasteiger partial charge in [0, 0.05) is 11.1 Å². The van der Waals surface area contributed by atoms with E-state index < -0.39 is 5.97 Å². The van der Waals surface area contributed by atoms with E-state index in [1.165, 1.54) is 12.1 Å². The summed E-state index contributed by atoms with van der Waals surface area (Å²) in [6.45, 7) is 1.79. The topological polar surface area (TPSA) is 54.4 Å². The summed E-state index contributed by atoms with van der Waals surface area (Å²) in [6, 6.07) is 13.4. The van der Waals surface area contributed by atoms with Crippen molar-refractivity contribution in [1.29, 1.82) is 0 Å². The molecular weight excluding hydrogens is 251 g/mol. The summed E-state index contributed by atoms with van der Waals surface area (Å²) >= 11 is 0. The third-order valence-corrected chi connectivity index (χ3v) is 2.77. The summed E-state index contributed by atoms with van der Waals surface area (Å²) in [5.74, 6) is -1.19. The van der Waals surface area contributed by atoms with Crippen molar-refractivity contribution in [2.45, 2.75) is 6.92 Å². The number of ketones is 1. The van der Waals surface area contributed by atoms with E-state index in [1.807, 2.05) is 6.07 Å². The molecule has 0 saturated heterocycles. The van der Waals surface area contributed by atoms with Crippen LogP contribution in [0.4, 0.5) is 0 Å². The van der Waals surface area contributed by atoms with Gasteiger partial charge in [0.05, 0.1) is 5.56 Å². The fraction of sp³-hybridized carbons (Fsp3) is 0.0667. The average molecular weight is 264 g/mol. The predicted molar refractivity (Wildman–Crippen MR) is 69.1 cm³/mol. The summed E-state index contributed by atoms with van der Waals surface area (Å²) < 4.78 is 0. The van der Waals surface area contributed by atoms with Crippen LogP contribution in [0.5, 0.6) is 0 Å². The zero-order valence-electron chi connectivity index (χ0n) is 11.9. The number of carboxylic acids is 1. The van der Waals surface area contributed by atoms with E-state index >= 15 is 0 Å². The second-order valence-corrected chi connectivity index (χ2v) is 4.03. The number of carboxylic acid groups (broad SMARTS) is 1. The van der Waals surface area contributed by atoms with Gasteiger partial charge in [0.1, 0.15) is 0 Å². The van der Waals surface area contributed by atoms with Crippen molar-refractivity contribution < 1.29 is 45.7 Å². The molecule has 2 aromatic rings. The van der Waals surface area contributed by atoms with Crippen LogP contribution in [-0.2, 0) is 0 Å². The summed E-state index contributed by atoms with van der Waals surface area (Å²) in [5, 5.41) is 8.94. The maximum absolute atomic E-state index is 12.2. The van der Waals surface area contributed by atoms with Crippen LogP contribution < -0.4 is 29.6 Å². The molecule has 0 spiro atoms. The van der Waals surface area contributed by atoms with Crippen molar-refractivity contribution >= 4 is 11.8 Å². The van der Waals surface area contributed by atoms with Crippen LogP contribution in [0.2, 0.25) is 0 Å². The molecule has 0 fully saturated rings. The molecular formula is C15H13NaO3. The molecule has 19 heavy (non-hydrogen) atoms. The van der Waals surface area contributed by atoms with E-state index in [9.17, 15) is 9.59 Å². The molecule has 0 amide bonds. The number of aromatic carboxylic acids is 1. The summed E-state index contributed by atoms with van der Waals surface area (Å²) in [4.78, 5) is 23.2. The molecule has 0 radical (unpaired) electrons. The first kappa shape index (κ1) is 15.6. The van der Waals surface area contributed by atoms with E-state index in [0.29, 0.717) is 11.1 Å². The second kappa shape index (κ2) is 6.66. The van der Waals surface area contributed by atoms with Crippen molar-refractivity contribution in [3.05, 3.63) is 70.8 Å². The van der Waals surface area contributed by atoms with Crippen LogP contribution in [0.25, 0.3) is 0 Å². The van der Waals surface area contributed by atoms with Gasteiger partial charge in [-0.15, -0.1) is 0 Å². The summed E-state index contributed by atoms with van der Waals surface area (Å²) in [7, 11) is 0. The van der Waals surface area contributed by atoms with Gasteiger partial charge in [0.2, 0.25) is 0 Å². The van der Waals surface area contributed by atoms with Crippen LogP contribution in [0.3, 0.4) is 0 Å². The molecule has 1 N–H and O–H groups in total. The number of hydrogen-bond donors (Lipinski definition) is 1. The number of benzene rings is 2. The number of carbonyl (C=O) groups is 2. The Kier molecular flexibility index (Phi) is 5.48. The zero-order valence-corrected chi connectivity index (χ0v) is 12.9. The van der Waals surface area contributed by atoms with Gasteiger partial charge in [0.15, 0.2) is 5.78 Å². The molecule has 0 heterocycles. The molecule has 2 aromatic carbocycles. The quantitative estimate of drug-likeness (QED) is 0.629. The van der Waals surface area contributed by atoms with Crippen molar-refractivity contribution in [3.63, 3.8) is 0 Å². The van der Waals surface area contributed by atoms with Crippen LogP contribution >= 0.6 is 0 Å². The number of rotatable bonds is 3. The molecule has 0 unspecified atom stereocenters. The van der Waals surface area contributed by atoms with Crippen LogP contribution in [0.15, 0.2) is 48.5 Å². The number of aryl methyl sites for hydroxylation is 1. The molecule has 92 valence electrons. The van der Waals surface area contributed by atoms with E-state index in [4.69, 9.17) is 5.11 Å². The van der Waals surface area contributed by atoms with Gasteiger partial charge in [-0.25, -0.2) is 4.79 Å². The Morgan fingerprint density at radius 1 is 1.00 bits per heavy atom. The summed E-state index contributed by atoms with van der Waals surface area (Å²) in [6.07, 6.45) is 0. The van der Waals surface area contributed by atoms with E-state index in [1.54, 1.807) is 37.3 Å². The van der Waals surface area contributed by atoms with Gasteiger partial charge in [-0.05, 0) is 24.6 Å². The zero-order chi connectivity index (χ0) is 13.1. The van der Waals surface area contributed by atoms with Crippen LogP contribution in [-0.4, -0.2) is 16.9 Å². The fourth-order valence-electron chi connectivity index (χ4n) is 1.74. The van der Waals surface area contributed by atoms with Crippen molar-refractivity contribution in [1.82, 2.24) is 0 Å². The SMILES string of the molecule is Cc1ccc(C(=O)O)cc1C(=O)c1ccccc1.[H-].[Na+]. The normalized spacial score (nSPS) is 9.53. The Hall–Kier alpha value is -1.42. The van der Waals surface area contributed by atoms with Crippen molar-refractivity contribution in [3.8, 4) is 0 Å². The Morgan fingerprint density at radius 3 is 2.21 bits per heavy atom. The van der Waals surface area contributed by atoms with Gasteiger partial charge in [-0.2, -0.15) is 0 Å². The van der Waals surface area contributed by atoms with E-state index in [0.717, 1.165) is 5.56 Å². The smallest absolute Gasteiger partial charge is 1.00 e. The molecule has 0 aliphatic heterocycles. The Morgan fingerprint density at radius 2 is 1.63 bits per heavy atom. The Labute approximate surface area is 135 Å². The fourth-order valence-corrected chi connectivity index (χ4v) is 1.74. The molecule has 0 atom stereocenters. The largest absolute Gasteiger partial charge is 1.00 e. The first-order valence-corrected chi connectivity index (χ1v) is 5.53. The van der Waals surface area contributed by atoms with E-state index in [2.05, 4.69) is 0 Å². The maximum atomic E-state index is 12.2. The Balaban J connectivity index is 0.00000180. The van der Waals surface area contributed by atoms with Crippen molar-refractivity contribution in [2.24, 2.45) is 0 Å². The molecule has 0 saturated carbocycles. The molecule has 4 heteroatoms. The monoisotopic (exact) mass is 264 g/mol. The first-order valence-electron chi connectivity index (χ1n) is 5.53. The molecule has 0 aliphatic rings. The standard InChI is InChI=1S/C15H12O3.Na.H/c1-10-7-8-12(15(17)18)9-13(10)14(16)11-5-3-2-4-6-11;;/h2-9H,1H3,(H,17,18);;/q;+1;-1. The first-order chi connectivity index (χ1) is 8.59. The van der Waals surface area contributed by atoms with Crippen LogP contribution in [0.1, 0.15) is 33.3 Å². The van der Waals surface area contributed by atoms with Gasteiger partial charge >= 0.3 is 35.5 Å². The Bertz CT molecular complexity index is 612. The van der Waals surface area contributed by atoms with Gasteiger partial charge in [-0.1, -0.05) is 36.4 Å². The third kappa shape index (κ3) is 3.53.